The molecule has 0 spiro atoms. The molecule has 3 atom stereocenters. The van der Waals surface area contributed by atoms with E-state index >= 15 is 0 Å². The molecule has 17 heavy (non-hydrogen) atoms. The first-order chi connectivity index (χ1) is 7.97. The molecule has 3 aliphatic carbocycles. The number of fused-ring (bicyclic) bond motifs is 2. The normalized spacial score (nSPS) is 44.4. The Morgan fingerprint density at radius 2 is 1.94 bits per heavy atom. The van der Waals surface area contributed by atoms with E-state index in [0.717, 1.165) is 38.5 Å². The van der Waals surface area contributed by atoms with Gasteiger partial charge in [-0.1, -0.05) is 13.8 Å². The van der Waals surface area contributed by atoms with Crippen molar-refractivity contribution in [2.45, 2.75) is 58.8 Å². The monoisotopic (exact) mass is 234 g/mol. The van der Waals surface area contributed by atoms with Crippen molar-refractivity contribution < 1.29 is 9.59 Å². The standard InChI is InChI=1S/C15H22O2/c1-14(2)12-6-7-15(14,9-13(12)17)10-4-3-5-11(16)8-10/h10,12H,3-9H2,1-2H3. The first kappa shape index (κ1) is 11.4. The van der Waals surface area contributed by atoms with Crippen molar-refractivity contribution >= 4 is 11.6 Å². The maximum Gasteiger partial charge on any atom is 0.137 e. The Kier molecular flexibility index (Phi) is 2.30. The first-order valence-electron chi connectivity index (χ1n) is 7.02. The van der Waals surface area contributed by atoms with Crippen LogP contribution in [0.15, 0.2) is 0 Å². The van der Waals surface area contributed by atoms with Gasteiger partial charge >= 0.3 is 0 Å². The Bertz CT molecular complexity index is 382. The van der Waals surface area contributed by atoms with E-state index in [1.807, 2.05) is 0 Å². The highest BCUT2D eigenvalue weighted by Gasteiger charge is 2.65. The van der Waals surface area contributed by atoms with Gasteiger partial charge in [0, 0.05) is 25.2 Å². The molecule has 3 aliphatic rings. The maximum atomic E-state index is 12.1. The molecule has 0 saturated heterocycles. The summed E-state index contributed by atoms with van der Waals surface area (Å²) < 4.78 is 0. The first-order valence-corrected chi connectivity index (χ1v) is 7.02. The summed E-state index contributed by atoms with van der Waals surface area (Å²) in [6.07, 6.45) is 6.71. The van der Waals surface area contributed by atoms with E-state index in [9.17, 15) is 9.59 Å². The Labute approximate surface area is 103 Å². The van der Waals surface area contributed by atoms with Crippen molar-refractivity contribution in [2.24, 2.45) is 22.7 Å². The molecule has 0 amide bonds. The van der Waals surface area contributed by atoms with Gasteiger partial charge in [-0.15, -0.1) is 0 Å². The molecule has 94 valence electrons. The second-order valence-corrected chi connectivity index (χ2v) is 6.94. The molecule has 0 aliphatic heterocycles. The molecule has 0 aromatic carbocycles. The molecule has 3 saturated carbocycles. The predicted molar refractivity (Wildman–Crippen MR) is 65.5 cm³/mol. The van der Waals surface area contributed by atoms with Gasteiger partial charge in [-0.2, -0.15) is 0 Å². The highest BCUT2D eigenvalue weighted by molar-refractivity contribution is 5.87. The third-order valence-electron chi connectivity index (χ3n) is 6.18. The van der Waals surface area contributed by atoms with Gasteiger partial charge < -0.3 is 0 Å². The van der Waals surface area contributed by atoms with Crippen LogP contribution in [-0.4, -0.2) is 11.6 Å². The van der Waals surface area contributed by atoms with Gasteiger partial charge in [0.1, 0.15) is 11.6 Å². The van der Waals surface area contributed by atoms with Gasteiger partial charge in [0.05, 0.1) is 0 Å². The lowest BCUT2D eigenvalue weighted by molar-refractivity contribution is -0.126. The second kappa shape index (κ2) is 3.43. The topological polar surface area (TPSA) is 34.1 Å². The van der Waals surface area contributed by atoms with Crippen LogP contribution in [-0.2, 0) is 9.59 Å². The zero-order valence-corrected chi connectivity index (χ0v) is 10.9. The zero-order valence-electron chi connectivity index (χ0n) is 10.9. The minimum absolute atomic E-state index is 0.131. The van der Waals surface area contributed by atoms with E-state index in [0.29, 0.717) is 17.5 Å². The Balaban J connectivity index is 1.95. The fraction of sp³-hybridized carbons (Fsp3) is 0.867. The van der Waals surface area contributed by atoms with Crippen molar-refractivity contribution in [1.29, 1.82) is 0 Å². The molecule has 2 heteroatoms. The van der Waals surface area contributed by atoms with Crippen molar-refractivity contribution in [2.75, 3.05) is 0 Å². The third kappa shape index (κ3) is 1.33. The van der Waals surface area contributed by atoms with E-state index in [2.05, 4.69) is 13.8 Å². The number of rotatable bonds is 1. The largest absolute Gasteiger partial charge is 0.300 e. The van der Waals surface area contributed by atoms with Gasteiger partial charge in [0.15, 0.2) is 0 Å². The fourth-order valence-electron chi connectivity index (χ4n) is 5.12. The number of ketones is 2. The molecule has 0 N–H and O–H groups in total. The van der Waals surface area contributed by atoms with Crippen LogP contribution in [0.5, 0.6) is 0 Å². The van der Waals surface area contributed by atoms with Gasteiger partial charge in [0.25, 0.3) is 0 Å². The third-order valence-corrected chi connectivity index (χ3v) is 6.18. The molecule has 0 radical (unpaired) electrons. The molecule has 2 nitrogen and oxygen atoms in total. The van der Waals surface area contributed by atoms with E-state index in [-0.39, 0.29) is 16.7 Å². The van der Waals surface area contributed by atoms with Crippen molar-refractivity contribution in [1.82, 2.24) is 0 Å². The number of carbonyl (C=O) groups excluding carboxylic acids is 2. The summed E-state index contributed by atoms with van der Waals surface area (Å²) in [5, 5.41) is 0. The van der Waals surface area contributed by atoms with Crippen LogP contribution >= 0.6 is 0 Å². The SMILES string of the molecule is CC1(C)C2CCC1(C1CCCC(=O)C1)CC2=O. The summed E-state index contributed by atoms with van der Waals surface area (Å²) in [7, 11) is 0. The molecule has 0 aromatic heterocycles. The van der Waals surface area contributed by atoms with Crippen molar-refractivity contribution in [3.8, 4) is 0 Å². The van der Waals surface area contributed by atoms with Crippen LogP contribution in [0.1, 0.15) is 58.8 Å². The van der Waals surface area contributed by atoms with Gasteiger partial charge in [-0.3, -0.25) is 9.59 Å². The quantitative estimate of drug-likeness (QED) is 0.698. The van der Waals surface area contributed by atoms with E-state index in [1.165, 1.54) is 6.42 Å². The number of hydrogen-bond donors (Lipinski definition) is 0. The summed E-state index contributed by atoms with van der Waals surface area (Å²) in [6.45, 7) is 4.54. The lowest BCUT2D eigenvalue weighted by Crippen LogP contribution is -2.40. The van der Waals surface area contributed by atoms with Gasteiger partial charge in [-0.05, 0) is 42.4 Å². The van der Waals surface area contributed by atoms with Gasteiger partial charge in [-0.25, -0.2) is 0 Å². The Morgan fingerprint density at radius 3 is 2.47 bits per heavy atom. The average molecular weight is 234 g/mol. The van der Waals surface area contributed by atoms with Crippen LogP contribution in [0.3, 0.4) is 0 Å². The molecule has 3 rings (SSSR count). The fourth-order valence-corrected chi connectivity index (χ4v) is 5.12. The molecular formula is C15H22O2. The average Bonchev–Trinajstić information content (AvgIpc) is 2.63. The van der Waals surface area contributed by atoms with E-state index in [4.69, 9.17) is 0 Å². The lowest BCUT2D eigenvalue weighted by Gasteiger charge is -2.45. The molecule has 3 unspecified atom stereocenters. The minimum Gasteiger partial charge on any atom is -0.300 e. The summed E-state index contributed by atoms with van der Waals surface area (Å²) in [4.78, 5) is 23.8. The summed E-state index contributed by atoms with van der Waals surface area (Å²) in [5.74, 6) is 1.66. The Hall–Kier alpha value is -0.660. The zero-order chi connectivity index (χ0) is 12.3. The van der Waals surface area contributed by atoms with Gasteiger partial charge in [0.2, 0.25) is 0 Å². The molecular weight excluding hydrogens is 212 g/mol. The smallest absolute Gasteiger partial charge is 0.137 e. The van der Waals surface area contributed by atoms with Crippen LogP contribution in [0, 0.1) is 22.7 Å². The molecule has 2 bridgehead atoms. The predicted octanol–water partition coefficient (Wildman–Crippen LogP) is 3.14. The van der Waals surface area contributed by atoms with Crippen LogP contribution in [0.4, 0.5) is 0 Å². The maximum absolute atomic E-state index is 12.1. The summed E-state index contributed by atoms with van der Waals surface area (Å²) in [5.41, 5.74) is 0.289. The highest BCUT2D eigenvalue weighted by Crippen LogP contribution is 2.68. The lowest BCUT2D eigenvalue weighted by atomic mass is 9.58. The van der Waals surface area contributed by atoms with Crippen molar-refractivity contribution in [3.63, 3.8) is 0 Å². The molecule has 3 fully saturated rings. The highest BCUT2D eigenvalue weighted by atomic mass is 16.1. The number of Topliss-reactive ketones (excluding diaryl/α,β-unsaturated/α-hetero) is 2. The summed E-state index contributed by atoms with van der Waals surface area (Å²) in [6, 6.07) is 0. The Morgan fingerprint density at radius 1 is 1.18 bits per heavy atom. The van der Waals surface area contributed by atoms with E-state index < -0.39 is 0 Å². The van der Waals surface area contributed by atoms with Crippen molar-refractivity contribution in [3.05, 3.63) is 0 Å². The minimum atomic E-state index is 0.131. The number of carbonyl (C=O) groups is 2. The number of hydrogen-bond acceptors (Lipinski definition) is 2. The van der Waals surface area contributed by atoms with E-state index in [1.54, 1.807) is 0 Å². The van der Waals surface area contributed by atoms with Crippen LogP contribution in [0.2, 0.25) is 0 Å². The second-order valence-electron chi connectivity index (χ2n) is 6.94. The summed E-state index contributed by atoms with van der Waals surface area (Å²) >= 11 is 0. The van der Waals surface area contributed by atoms with Crippen LogP contribution in [0.25, 0.3) is 0 Å². The van der Waals surface area contributed by atoms with Crippen LogP contribution < -0.4 is 0 Å². The molecule has 0 heterocycles. The molecule has 0 aromatic rings.